The van der Waals surface area contributed by atoms with Crippen molar-refractivity contribution in [2.75, 3.05) is 12.4 Å². The zero-order valence-corrected chi connectivity index (χ0v) is 11.3. The zero-order valence-electron chi connectivity index (χ0n) is 11.3. The number of carbonyl (C=O) groups is 2. The molecule has 106 valence electrons. The minimum atomic E-state index is -0.599. The van der Waals surface area contributed by atoms with E-state index in [2.05, 4.69) is 5.32 Å². The molecule has 1 amide bonds. The molecule has 0 bridgehead atoms. The summed E-state index contributed by atoms with van der Waals surface area (Å²) in [4.78, 5) is 24.0. The monoisotopic (exact) mass is 275 g/mol. The van der Waals surface area contributed by atoms with Gasteiger partial charge in [0.2, 0.25) is 5.91 Å². The van der Waals surface area contributed by atoms with Gasteiger partial charge in [0.15, 0.2) is 0 Å². The molecule has 0 radical (unpaired) electrons. The van der Waals surface area contributed by atoms with Gasteiger partial charge in [-0.25, -0.2) is 4.79 Å². The van der Waals surface area contributed by atoms with Gasteiger partial charge in [-0.2, -0.15) is 0 Å². The molecule has 3 rings (SSSR count). The standard InChI is InChI=1S/C15H17NO4/c1-20-13(18)9-2-3-12-11(8-9)15(14(19)16-12)6-4-10(17)5-7-15/h2-3,8,10,17H,4-7H2,1H3,(H,16,19). The van der Waals surface area contributed by atoms with Gasteiger partial charge in [-0.1, -0.05) is 0 Å². The van der Waals surface area contributed by atoms with E-state index in [9.17, 15) is 14.7 Å². The van der Waals surface area contributed by atoms with Gasteiger partial charge in [-0.15, -0.1) is 0 Å². The molecule has 5 nitrogen and oxygen atoms in total. The van der Waals surface area contributed by atoms with Gasteiger partial charge < -0.3 is 15.2 Å². The molecule has 1 heterocycles. The van der Waals surface area contributed by atoms with Crippen LogP contribution in [0.25, 0.3) is 0 Å². The highest BCUT2D eigenvalue weighted by Gasteiger charge is 2.48. The molecule has 5 heteroatoms. The minimum absolute atomic E-state index is 0.0265. The van der Waals surface area contributed by atoms with Crippen LogP contribution >= 0.6 is 0 Å². The molecule has 1 aromatic rings. The number of ether oxygens (including phenoxy) is 1. The molecule has 1 aliphatic heterocycles. The maximum Gasteiger partial charge on any atom is 0.337 e. The molecule has 0 aromatic heterocycles. The first-order valence-corrected chi connectivity index (χ1v) is 6.79. The maximum atomic E-state index is 12.4. The van der Waals surface area contributed by atoms with Crippen molar-refractivity contribution < 1.29 is 19.4 Å². The van der Waals surface area contributed by atoms with Crippen LogP contribution in [0.1, 0.15) is 41.6 Å². The van der Waals surface area contributed by atoms with Crippen molar-refractivity contribution in [3.8, 4) is 0 Å². The van der Waals surface area contributed by atoms with Crippen LogP contribution < -0.4 is 5.32 Å². The number of fused-ring (bicyclic) bond motifs is 2. The fraction of sp³-hybridized carbons (Fsp3) is 0.467. The topological polar surface area (TPSA) is 75.6 Å². The number of carbonyl (C=O) groups excluding carboxylic acids is 2. The first-order valence-electron chi connectivity index (χ1n) is 6.79. The van der Waals surface area contributed by atoms with Crippen LogP contribution in [-0.4, -0.2) is 30.2 Å². The van der Waals surface area contributed by atoms with E-state index in [1.807, 2.05) is 0 Å². The Bertz CT molecular complexity index is 573. The lowest BCUT2D eigenvalue weighted by Gasteiger charge is -2.33. The van der Waals surface area contributed by atoms with Crippen LogP contribution in [-0.2, 0) is 14.9 Å². The Hall–Kier alpha value is -1.88. The highest BCUT2D eigenvalue weighted by atomic mass is 16.5. The van der Waals surface area contributed by atoms with Gasteiger partial charge in [-0.3, -0.25) is 4.79 Å². The number of nitrogens with one attached hydrogen (secondary N) is 1. The van der Waals surface area contributed by atoms with E-state index in [0.717, 1.165) is 11.3 Å². The second kappa shape index (κ2) is 4.59. The van der Waals surface area contributed by atoms with E-state index in [-0.39, 0.29) is 12.0 Å². The van der Waals surface area contributed by atoms with E-state index in [4.69, 9.17) is 4.74 Å². The summed E-state index contributed by atoms with van der Waals surface area (Å²) in [5.41, 5.74) is 1.48. The van der Waals surface area contributed by atoms with Crippen LogP contribution in [0.2, 0.25) is 0 Å². The Morgan fingerprint density at radius 2 is 2.10 bits per heavy atom. The molecule has 2 aliphatic rings. The van der Waals surface area contributed by atoms with Gasteiger partial charge in [0, 0.05) is 5.69 Å². The number of aliphatic hydroxyl groups is 1. The molecular formula is C15H17NO4. The zero-order chi connectivity index (χ0) is 14.3. The normalized spacial score (nSPS) is 28.1. The van der Waals surface area contributed by atoms with Crippen molar-refractivity contribution in [1.29, 1.82) is 0 Å². The van der Waals surface area contributed by atoms with Gasteiger partial charge >= 0.3 is 5.97 Å². The van der Waals surface area contributed by atoms with E-state index >= 15 is 0 Å². The molecule has 1 aromatic carbocycles. The second-order valence-electron chi connectivity index (χ2n) is 5.52. The maximum absolute atomic E-state index is 12.4. The largest absolute Gasteiger partial charge is 0.465 e. The molecule has 1 fully saturated rings. The van der Waals surface area contributed by atoms with Crippen LogP contribution in [0.4, 0.5) is 5.69 Å². The molecule has 0 atom stereocenters. The Labute approximate surface area is 116 Å². The Kier molecular flexibility index (Phi) is 3.01. The lowest BCUT2D eigenvalue weighted by atomic mass is 9.69. The van der Waals surface area contributed by atoms with Gasteiger partial charge in [-0.05, 0) is 49.4 Å². The van der Waals surface area contributed by atoms with Gasteiger partial charge in [0.05, 0.1) is 24.2 Å². The van der Waals surface area contributed by atoms with E-state index in [1.54, 1.807) is 18.2 Å². The number of esters is 1. The molecule has 1 aliphatic carbocycles. The first-order chi connectivity index (χ1) is 9.56. The highest BCUT2D eigenvalue weighted by Crippen LogP contribution is 2.47. The molecule has 0 unspecified atom stereocenters. The van der Waals surface area contributed by atoms with Crippen LogP contribution in [0.3, 0.4) is 0 Å². The average Bonchev–Trinajstić information content (AvgIpc) is 2.73. The molecular weight excluding hydrogens is 258 g/mol. The number of hydrogen-bond acceptors (Lipinski definition) is 4. The van der Waals surface area contributed by atoms with Crippen LogP contribution in [0, 0.1) is 0 Å². The Morgan fingerprint density at radius 1 is 1.40 bits per heavy atom. The molecule has 1 spiro atoms. The third kappa shape index (κ3) is 1.81. The third-order valence-electron chi connectivity index (χ3n) is 4.45. The summed E-state index contributed by atoms with van der Waals surface area (Å²) >= 11 is 0. The fourth-order valence-corrected chi connectivity index (χ4v) is 3.25. The number of aliphatic hydroxyl groups excluding tert-OH is 1. The van der Waals surface area contributed by atoms with Crippen molar-refractivity contribution in [2.24, 2.45) is 0 Å². The van der Waals surface area contributed by atoms with Crippen molar-refractivity contribution in [1.82, 2.24) is 0 Å². The fourth-order valence-electron chi connectivity index (χ4n) is 3.25. The predicted molar refractivity (Wildman–Crippen MR) is 72.6 cm³/mol. The van der Waals surface area contributed by atoms with Crippen LogP contribution in [0.5, 0.6) is 0 Å². The Balaban J connectivity index is 2.04. The molecule has 1 saturated carbocycles. The van der Waals surface area contributed by atoms with Crippen LogP contribution in [0.15, 0.2) is 18.2 Å². The molecule has 2 N–H and O–H groups in total. The molecule has 0 saturated heterocycles. The third-order valence-corrected chi connectivity index (χ3v) is 4.45. The summed E-state index contributed by atoms with van der Waals surface area (Å²) in [5, 5.41) is 12.5. The summed E-state index contributed by atoms with van der Waals surface area (Å²) in [6.45, 7) is 0. The minimum Gasteiger partial charge on any atom is -0.465 e. The van der Waals surface area contributed by atoms with Gasteiger partial charge in [0.1, 0.15) is 0 Å². The number of methoxy groups -OCH3 is 1. The summed E-state index contributed by atoms with van der Waals surface area (Å²) in [5.74, 6) is -0.431. The second-order valence-corrected chi connectivity index (χ2v) is 5.52. The summed E-state index contributed by atoms with van der Waals surface area (Å²) in [6.07, 6.45) is 2.10. The summed E-state index contributed by atoms with van der Waals surface area (Å²) in [7, 11) is 1.34. The van der Waals surface area contributed by atoms with E-state index < -0.39 is 11.4 Å². The first kappa shape index (κ1) is 13.1. The number of benzene rings is 1. The van der Waals surface area contributed by atoms with E-state index in [0.29, 0.717) is 31.2 Å². The molecule has 20 heavy (non-hydrogen) atoms. The predicted octanol–water partition coefficient (Wildman–Crippen LogP) is 1.60. The Morgan fingerprint density at radius 3 is 2.75 bits per heavy atom. The smallest absolute Gasteiger partial charge is 0.337 e. The summed E-state index contributed by atoms with van der Waals surface area (Å²) in [6, 6.07) is 5.15. The van der Waals surface area contributed by atoms with Crippen molar-refractivity contribution in [2.45, 2.75) is 37.2 Å². The average molecular weight is 275 g/mol. The van der Waals surface area contributed by atoms with Crippen molar-refractivity contribution >= 4 is 17.6 Å². The quantitative estimate of drug-likeness (QED) is 0.763. The lowest BCUT2D eigenvalue weighted by molar-refractivity contribution is -0.122. The number of rotatable bonds is 1. The number of amides is 1. The highest BCUT2D eigenvalue weighted by molar-refractivity contribution is 6.07. The summed E-state index contributed by atoms with van der Waals surface area (Å²) < 4.78 is 4.73. The SMILES string of the molecule is COC(=O)c1ccc2c(c1)C1(CCC(O)CC1)C(=O)N2. The lowest BCUT2D eigenvalue weighted by Crippen LogP contribution is -2.39. The number of hydrogen-bond donors (Lipinski definition) is 2. The van der Waals surface area contributed by atoms with Crippen molar-refractivity contribution in [3.63, 3.8) is 0 Å². The van der Waals surface area contributed by atoms with Gasteiger partial charge in [0.25, 0.3) is 0 Å². The van der Waals surface area contributed by atoms with Crippen molar-refractivity contribution in [3.05, 3.63) is 29.3 Å². The number of anilines is 1. The van der Waals surface area contributed by atoms with E-state index in [1.165, 1.54) is 7.11 Å².